The molecule has 0 aromatic heterocycles. The average Bonchev–Trinajstić information content (AvgIpc) is 2.66. The van der Waals surface area contributed by atoms with Gasteiger partial charge in [0.05, 0.1) is 18.1 Å². The van der Waals surface area contributed by atoms with Crippen molar-refractivity contribution in [2.45, 2.75) is 25.2 Å². The van der Waals surface area contributed by atoms with Gasteiger partial charge in [-0.1, -0.05) is 11.8 Å². The van der Waals surface area contributed by atoms with E-state index in [1.165, 1.54) is 12.1 Å². The van der Waals surface area contributed by atoms with Crippen molar-refractivity contribution in [2.75, 3.05) is 32.8 Å². The third-order valence-corrected chi connectivity index (χ3v) is 5.25. The molecule has 7 nitrogen and oxygen atoms in total. The van der Waals surface area contributed by atoms with Gasteiger partial charge in [-0.2, -0.15) is 8.78 Å². The number of fused-ring (bicyclic) bond motifs is 1. The number of morpholine rings is 1. The highest BCUT2D eigenvalue weighted by molar-refractivity contribution is 5.79. The fraction of sp³-hybridized carbons (Fsp3) is 0.500. The van der Waals surface area contributed by atoms with Crippen molar-refractivity contribution in [3.8, 4) is 17.6 Å². The Kier molecular flexibility index (Phi) is 5.53. The zero-order valence-electron chi connectivity index (χ0n) is 15.6. The second-order valence-electron chi connectivity index (χ2n) is 7.31. The first-order valence-corrected chi connectivity index (χ1v) is 9.49. The number of urea groups is 1. The quantitative estimate of drug-likeness (QED) is 0.753. The van der Waals surface area contributed by atoms with Gasteiger partial charge in [0.25, 0.3) is 0 Å². The fourth-order valence-corrected chi connectivity index (χ4v) is 3.70. The summed E-state index contributed by atoms with van der Waals surface area (Å²) in [5.74, 6) is 6.13. The van der Waals surface area contributed by atoms with Crippen LogP contribution in [0, 0.1) is 17.8 Å². The molecule has 4 rings (SSSR count). The molecule has 3 fully saturated rings. The second-order valence-corrected chi connectivity index (χ2v) is 7.31. The molecule has 0 unspecified atom stereocenters. The number of halogens is 2. The van der Waals surface area contributed by atoms with Crippen LogP contribution in [0.3, 0.4) is 0 Å². The van der Waals surface area contributed by atoms with Crippen molar-refractivity contribution in [3.63, 3.8) is 0 Å². The molecule has 29 heavy (non-hydrogen) atoms. The second kappa shape index (κ2) is 8.25. The molecule has 0 saturated carbocycles. The first-order valence-electron chi connectivity index (χ1n) is 9.49. The Labute approximate surface area is 166 Å². The molecule has 0 aliphatic carbocycles. The molecule has 1 aromatic rings. The van der Waals surface area contributed by atoms with E-state index in [2.05, 4.69) is 21.9 Å². The number of carbonyl (C=O) groups is 2. The highest BCUT2D eigenvalue weighted by Gasteiger charge is 2.39. The van der Waals surface area contributed by atoms with Gasteiger partial charge in [-0.3, -0.25) is 4.79 Å². The molecule has 1 N–H and O–H groups in total. The summed E-state index contributed by atoms with van der Waals surface area (Å²) in [4.78, 5) is 27.6. The monoisotopic (exact) mass is 405 g/mol. The van der Waals surface area contributed by atoms with Crippen molar-refractivity contribution in [3.05, 3.63) is 29.8 Å². The summed E-state index contributed by atoms with van der Waals surface area (Å²) in [6, 6.07) is 5.94. The van der Waals surface area contributed by atoms with Crippen molar-refractivity contribution in [2.24, 2.45) is 5.92 Å². The molecule has 9 heteroatoms. The topological polar surface area (TPSA) is 71.1 Å². The lowest BCUT2D eigenvalue weighted by Crippen LogP contribution is -2.64. The average molecular weight is 405 g/mol. The highest BCUT2D eigenvalue weighted by atomic mass is 19.3. The molecule has 3 saturated heterocycles. The summed E-state index contributed by atoms with van der Waals surface area (Å²) >= 11 is 0. The Balaban J connectivity index is 1.25. The zero-order chi connectivity index (χ0) is 20.4. The Morgan fingerprint density at radius 1 is 1.21 bits per heavy atom. The minimum Gasteiger partial charge on any atom is -0.435 e. The number of piperidine rings is 1. The Morgan fingerprint density at radius 3 is 2.69 bits per heavy atom. The lowest BCUT2D eigenvalue weighted by molar-refractivity contribution is -0.139. The Hall–Kier alpha value is -2.86. The SMILES string of the molecule is O=C1CO[C@H]2CCN(C(=O)N3CC(C#Cc4ccc(OC(F)F)cc4)C3)C[C@H]2N1. The van der Waals surface area contributed by atoms with E-state index in [4.69, 9.17) is 4.74 Å². The number of hydrogen-bond donors (Lipinski definition) is 1. The number of amides is 3. The van der Waals surface area contributed by atoms with E-state index in [0.717, 1.165) is 0 Å². The number of likely N-dealkylation sites (tertiary alicyclic amines) is 2. The lowest BCUT2D eigenvalue weighted by Gasteiger charge is -2.45. The molecule has 1 aromatic carbocycles. The molecule has 0 radical (unpaired) electrons. The minimum atomic E-state index is -2.85. The van der Waals surface area contributed by atoms with Gasteiger partial charge in [-0.15, -0.1) is 0 Å². The summed E-state index contributed by atoms with van der Waals surface area (Å²) in [7, 11) is 0. The number of hydrogen-bond acceptors (Lipinski definition) is 4. The van der Waals surface area contributed by atoms with Crippen LogP contribution in [-0.4, -0.2) is 73.3 Å². The molecule has 3 aliphatic heterocycles. The lowest BCUT2D eigenvalue weighted by atomic mass is 9.99. The van der Waals surface area contributed by atoms with Gasteiger partial charge in [-0.05, 0) is 30.7 Å². The smallest absolute Gasteiger partial charge is 0.387 e. The molecular weight excluding hydrogens is 384 g/mol. The molecule has 154 valence electrons. The number of alkyl halides is 2. The van der Waals surface area contributed by atoms with Crippen molar-refractivity contribution in [1.29, 1.82) is 0 Å². The van der Waals surface area contributed by atoms with Gasteiger partial charge >= 0.3 is 12.6 Å². The minimum absolute atomic E-state index is 0.0239. The van der Waals surface area contributed by atoms with Crippen LogP contribution < -0.4 is 10.1 Å². The van der Waals surface area contributed by atoms with E-state index in [-0.39, 0.29) is 42.4 Å². The molecule has 2 atom stereocenters. The number of carbonyl (C=O) groups excluding carboxylic acids is 2. The first-order chi connectivity index (χ1) is 14.0. The predicted octanol–water partition coefficient (Wildman–Crippen LogP) is 1.28. The fourth-order valence-electron chi connectivity index (χ4n) is 3.70. The summed E-state index contributed by atoms with van der Waals surface area (Å²) in [6.07, 6.45) is 0.684. The Bertz CT molecular complexity index is 830. The van der Waals surface area contributed by atoms with Crippen molar-refractivity contribution in [1.82, 2.24) is 15.1 Å². The van der Waals surface area contributed by atoms with Crippen molar-refractivity contribution < 1.29 is 27.8 Å². The van der Waals surface area contributed by atoms with Gasteiger partial charge in [0.1, 0.15) is 12.4 Å². The van der Waals surface area contributed by atoms with E-state index in [1.807, 2.05) is 0 Å². The third kappa shape index (κ3) is 4.59. The van der Waals surface area contributed by atoms with Crippen molar-refractivity contribution >= 4 is 11.9 Å². The van der Waals surface area contributed by atoms with Gasteiger partial charge in [0, 0.05) is 31.7 Å². The van der Waals surface area contributed by atoms with E-state index >= 15 is 0 Å². The molecule has 3 amide bonds. The maximum absolute atomic E-state index is 12.7. The van der Waals surface area contributed by atoms with Crippen LogP contribution in [0.5, 0.6) is 5.75 Å². The van der Waals surface area contributed by atoms with Gasteiger partial charge in [-0.25, -0.2) is 4.79 Å². The zero-order valence-corrected chi connectivity index (χ0v) is 15.6. The number of nitrogens with zero attached hydrogens (tertiary/aromatic N) is 2. The maximum atomic E-state index is 12.7. The summed E-state index contributed by atoms with van der Waals surface area (Å²) in [6.45, 7) is -0.607. The van der Waals surface area contributed by atoms with Crippen LogP contribution in [0.15, 0.2) is 24.3 Å². The normalized spacial score (nSPS) is 24.2. The standard InChI is InChI=1S/C20H21F2N3O4/c21-19(22)29-15-5-3-13(4-6-15)1-2-14-9-25(10-14)20(27)24-8-7-17-16(11-24)23-18(26)12-28-17/h3-6,14,16-17,19H,7-12H2,(H,23,26)/t16-,17+/m1/s1. The van der Waals surface area contributed by atoms with Gasteiger partial charge < -0.3 is 24.6 Å². The van der Waals surface area contributed by atoms with Crippen LogP contribution in [0.25, 0.3) is 0 Å². The summed E-state index contributed by atoms with van der Waals surface area (Å²) < 4.78 is 34.1. The molecule has 3 aliphatic rings. The summed E-state index contributed by atoms with van der Waals surface area (Å²) in [5, 5.41) is 2.89. The van der Waals surface area contributed by atoms with E-state index < -0.39 is 6.61 Å². The first kappa shape index (κ1) is 19.5. The number of ether oxygens (including phenoxy) is 2. The molecule has 0 bridgehead atoms. The Morgan fingerprint density at radius 2 is 1.97 bits per heavy atom. The highest BCUT2D eigenvalue weighted by Crippen LogP contribution is 2.22. The molecular formula is C20H21F2N3O4. The van der Waals surface area contributed by atoms with E-state index in [9.17, 15) is 18.4 Å². The largest absolute Gasteiger partial charge is 0.435 e. The van der Waals surface area contributed by atoms with E-state index in [0.29, 0.717) is 38.2 Å². The van der Waals surface area contributed by atoms with Crippen LogP contribution >= 0.6 is 0 Å². The van der Waals surface area contributed by atoms with Crippen LogP contribution in [0.2, 0.25) is 0 Å². The number of benzene rings is 1. The maximum Gasteiger partial charge on any atom is 0.387 e. The van der Waals surface area contributed by atoms with Gasteiger partial charge in [0.2, 0.25) is 5.91 Å². The van der Waals surface area contributed by atoms with Crippen LogP contribution in [0.4, 0.5) is 13.6 Å². The van der Waals surface area contributed by atoms with Crippen LogP contribution in [-0.2, 0) is 9.53 Å². The van der Waals surface area contributed by atoms with Gasteiger partial charge in [0.15, 0.2) is 0 Å². The third-order valence-electron chi connectivity index (χ3n) is 5.25. The van der Waals surface area contributed by atoms with Crippen LogP contribution in [0.1, 0.15) is 12.0 Å². The predicted molar refractivity (Wildman–Crippen MR) is 98.3 cm³/mol. The molecule has 3 heterocycles. The summed E-state index contributed by atoms with van der Waals surface area (Å²) in [5.41, 5.74) is 0.700. The van der Waals surface area contributed by atoms with E-state index in [1.54, 1.807) is 21.9 Å². The number of rotatable bonds is 2. The molecule has 0 spiro atoms. The number of nitrogens with one attached hydrogen (secondary N) is 1.